The van der Waals surface area contributed by atoms with Gasteiger partial charge in [0.05, 0.1) is 5.60 Å². The van der Waals surface area contributed by atoms with Crippen molar-refractivity contribution in [3.05, 3.63) is 10.3 Å². The molecule has 0 aliphatic heterocycles. The van der Waals surface area contributed by atoms with Crippen LogP contribution in [0.5, 0.6) is 0 Å². The molecule has 0 bridgehead atoms. The van der Waals surface area contributed by atoms with Crippen LogP contribution in [0.4, 0.5) is 0 Å². The highest BCUT2D eigenvalue weighted by Crippen LogP contribution is 2.45. The van der Waals surface area contributed by atoms with Gasteiger partial charge in [0.1, 0.15) is 11.8 Å². The molecule has 0 aromatic carbocycles. The summed E-state index contributed by atoms with van der Waals surface area (Å²) in [6, 6.07) is 0. The zero-order valence-electron chi connectivity index (χ0n) is 8.77. The number of rotatable bonds is 3. The molecule has 0 saturated heterocycles. The number of hydrogen-bond acceptors (Lipinski definition) is 4. The number of aryl methyl sites for hydroxylation is 1. The van der Waals surface area contributed by atoms with E-state index in [1.807, 2.05) is 0 Å². The second-order valence-electron chi connectivity index (χ2n) is 3.91. The van der Waals surface area contributed by atoms with E-state index in [1.165, 1.54) is 0 Å². The van der Waals surface area contributed by atoms with Crippen LogP contribution in [0.15, 0.2) is 4.60 Å². The van der Waals surface area contributed by atoms with Gasteiger partial charge in [-0.05, 0) is 35.2 Å². The van der Waals surface area contributed by atoms with Crippen molar-refractivity contribution in [3.8, 4) is 0 Å². The van der Waals surface area contributed by atoms with Crippen molar-refractivity contribution in [2.45, 2.75) is 31.0 Å². The second kappa shape index (κ2) is 3.84. The summed E-state index contributed by atoms with van der Waals surface area (Å²) < 4.78 is 7.59. The molecule has 1 saturated carbocycles. The Morgan fingerprint density at radius 3 is 2.60 bits per heavy atom. The number of aliphatic hydroxyl groups excluding tert-OH is 1. The fourth-order valence-electron chi connectivity index (χ4n) is 1.99. The van der Waals surface area contributed by atoms with Gasteiger partial charge in [0, 0.05) is 14.2 Å². The van der Waals surface area contributed by atoms with Crippen LogP contribution in [0.1, 0.15) is 31.1 Å². The second-order valence-corrected chi connectivity index (χ2v) is 4.67. The summed E-state index contributed by atoms with van der Waals surface area (Å²) in [6.45, 7) is 0. The largest absolute Gasteiger partial charge is 0.384 e. The molecule has 1 atom stereocenters. The van der Waals surface area contributed by atoms with E-state index >= 15 is 0 Å². The summed E-state index contributed by atoms with van der Waals surface area (Å²) >= 11 is 3.28. The van der Waals surface area contributed by atoms with E-state index in [0.29, 0.717) is 10.3 Å². The molecule has 0 radical (unpaired) electrons. The van der Waals surface area contributed by atoms with Gasteiger partial charge in [-0.1, -0.05) is 5.21 Å². The molecule has 1 fully saturated rings. The highest BCUT2D eigenvalue weighted by Gasteiger charge is 2.46. The van der Waals surface area contributed by atoms with Crippen LogP contribution in [0.2, 0.25) is 0 Å². The minimum Gasteiger partial charge on any atom is -0.384 e. The van der Waals surface area contributed by atoms with E-state index in [-0.39, 0.29) is 0 Å². The summed E-state index contributed by atoms with van der Waals surface area (Å²) in [5, 5.41) is 18.0. The summed E-state index contributed by atoms with van der Waals surface area (Å²) in [4.78, 5) is 0. The quantitative estimate of drug-likeness (QED) is 0.900. The molecule has 84 valence electrons. The maximum Gasteiger partial charge on any atom is 0.154 e. The lowest BCUT2D eigenvalue weighted by Gasteiger charge is -2.43. The lowest BCUT2D eigenvalue weighted by atomic mass is 9.75. The highest BCUT2D eigenvalue weighted by atomic mass is 79.9. The van der Waals surface area contributed by atoms with Crippen molar-refractivity contribution in [2.24, 2.45) is 7.05 Å². The Bertz CT molecular complexity index is 337. The fraction of sp³-hybridized carbons (Fsp3) is 0.778. The number of halogens is 1. The average Bonchev–Trinajstić information content (AvgIpc) is 2.45. The molecule has 0 amide bonds. The average molecular weight is 276 g/mol. The first-order valence-electron chi connectivity index (χ1n) is 4.89. The highest BCUT2D eigenvalue weighted by molar-refractivity contribution is 9.10. The Hall–Kier alpha value is -0.460. The van der Waals surface area contributed by atoms with Gasteiger partial charge in [0.15, 0.2) is 4.60 Å². The van der Waals surface area contributed by atoms with Crippen LogP contribution in [0.3, 0.4) is 0 Å². The number of methoxy groups -OCH3 is 1. The molecule has 1 heterocycles. The van der Waals surface area contributed by atoms with Crippen molar-refractivity contribution in [1.82, 2.24) is 15.0 Å². The third-order valence-corrected chi connectivity index (χ3v) is 3.76. The Labute approximate surface area is 96.6 Å². The minimum atomic E-state index is -0.675. The third kappa shape index (κ3) is 1.60. The molecule has 1 unspecified atom stereocenters. The van der Waals surface area contributed by atoms with E-state index < -0.39 is 11.7 Å². The molecular weight excluding hydrogens is 262 g/mol. The van der Waals surface area contributed by atoms with Crippen LogP contribution in [-0.2, 0) is 11.8 Å². The molecular formula is C9H14BrN3O2. The van der Waals surface area contributed by atoms with E-state index in [2.05, 4.69) is 26.2 Å². The monoisotopic (exact) mass is 275 g/mol. The SMILES string of the molecule is COC1(C(O)c2c(Br)nnn2C)CCC1. The van der Waals surface area contributed by atoms with Gasteiger partial charge >= 0.3 is 0 Å². The maximum atomic E-state index is 10.3. The summed E-state index contributed by atoms with van der Waals surface area (Å²) in [5.74, 6) is 0. The molecule has 0 spiro atoms. The van der Waals surface area contributed by atoms with E-state index in [1.54, 1.807) is 18.8 Å². The van der Waals surface area contributed by atoms with Crippen LogP contribution >= 0.6 is 15.9 Å². The van der Waals surface area contributed by atoms with Crippen LogP contribution in [-0.4, -0.2) is 32.8 Å². The van der Waals surface area contributed by atoms with E-state index in [4.69, 9.17) is 4.74 Å². The number of aliphatic hydroxyl groups is 1. The Balaban J connectivity index is 2.31. The molecule has 1 N–H and O–H groups in total. The van der Waals surface area contributed by atoms with Crippen LogP contribution < -0.4 is 0 Å². The van der Waals surface area contributed by atoms with E-state index in [0.717, 1.165) is 19.3 Å². The summed E-state index contributed by atoms with van der Waals surface area (Å²) in [7, 11) is 3.40. The predicted molar refractivity (Wildman–Crippen MR) is 57.3 cm³/mol. The lowest BCUT2D eigenvalue weighted by Crippen LogP contribution is -2.45. The van der Waals surface area contributed by atoms with Gasteiger partial charge in [0.2, 0.25) is 0 Å². The van der Waals surface area contributed by atoms with Crippen molar-refractivity contribution >= 4 is 15.9 Å². The van der Waals surface area contributed by atoms with Crippen molar-refractivity contribution in [2.75, 3.05) is 7.11 Å². The van der Waals surface area contributed by atoms with Gasteiger partial charge in [-0.25, -0.2) is 4.68 Å². The standard InChI is InChI=1S/C9H14BrN3O2/c1-13-6(8(10)11-12-13)7(14)9(15-2)4-3-5-9/h7,14H,3-5H2,1-2H3. The minimum absolute atomic E-state index is 0.446. The number of nitrogens with zero attached hydrogens (tertiary/aromatic N) is 3. The molecule has 15 heavy (non-hydrogen) atoms. The lowest BCUT2D eigenvalue weighted by molar-refractivity contribution is -0.154. The molecule has 1 aliphatic rings. The first kappa shape index (κ1) is 11.0. The van der Waals surface area contributed by atoms with Gasteiger partial charge in [-0.15, -0.1) is 5.10 Å². The maximum absolute atomic E-state index is 10.3. The summed E-state index contributed by atoms with van der Waals surface area (Å²) in [5.41, 5.74) is 0.231. The molecule has 5 nitrogen and oxygen atoms in total. The number of hydrogen-bond donors (Lipinski definition) is 1. The Morgan fingerprint density at radius 1 is 1.60 bits per heavy atom. The van der Waals surface area contributed by atoms with E-state index in [9.17, 15) is 5.11 Å². The van der Waals surface area contributed by atoms with Crippen LogP contribution in [0, 0.1) is 0 Å². The van der Waals surface area contributed by atoms with Gasteiger partial charge in [-0.2, -0.15) is 0 Å². The molecule has 2 rings (SSSR count). The first-order chi connectivity index (χ1) is 7.10. The molecule has 1 aliphatic carbocycles. The zero-order chi connectivity index (χ0) is 11.1. The number of aromatic nitrogens is 3. The molecule has 1 aromatic heterocycles. The molecule has 1 aromatic rings. The van der Waals surface area contributed by atoms with Gasteiger partial charge < -0.3 is 9.84 Å². The van der Waals surface area contributed by atoms with Crippen LogP contribution in [0.25, 0.3) is 0 Å². The Kier molecular flexibility index (Phi) is 2.83. The normalized spacial score (nSPS) is 21.1. The Morgan fingerprint density at radius 2 is 2.27 bits per heavy atom. The zero-order valence-corrected chi connectivity index (χ0v) is 10.4. The predicted octanol–water partition coefficient (Wildman–Crippen LogP) is 1.18. The fourth-order valence-corrected chi connectivity index (χ4v) is 2.54. The molecule has 6 heteroatoms. The van der Waals surface area contributed by atoms with Gasteiger partial charge in [0.25, 0.3) is 0 Å². The first-order valence-corrected chi connectivity index (χ1v) is 5.68. The van der Waals surface area contributed by atoms with Crippen molar-refractivity contribution in [1.29, 1.82) is 0 Å². The number of ether oxygens (including phenoxy) is 1. The third-order valence-electron chi connectivity index (χ3n) is 3.19. The van der Waals surface area contributed by atoms with Crippen molar-refractivity contribution in [3.63, 3.8) is 0 Å². The smallest absolute Gasteiger partial charge is 0.154 e. The summed E-state index contributed by atoms with van der Waals surface area (Å²) in [6.07, 6.45) is 2.17. The van der Waals surface area contributed by atoms with Crippen molar-refractivity contribution < 1.29 is 9.84 Å². The van der Waals surface area contributed by atoms with Gasteiger partial charge in [-0.3, -0.25) is 0 Å². The topological polar surface area (TPSA) is 60.2 Å².